The first kappa shape index (κ1) is 31.9. The Balaban J connectivity index is 0.000000616. The number of halogens is 5. The third kappa shape index (κ3) is 7.96. The van der Waals surface area contributed by atoms with Gasteiger partial charge in [-0.15, -0.1) is 0 Å². The van der Waals surface area contributed by atoms with Crippen LogP contribution in [0.4, 0.5) is 24.5 Å². The molecule has 0 aliphatic carbocycles. The molecule has 3 aromatic carbocycles. The lowest BCUT2D eigenvalue weighted by molar-refractivity contribution is -0.384. The zero-order valence-corrected chi connectivity index (χ0v) is 22.5. The highest BCUT2D eigenvalue weighted by Gasteiger charge is 2.38. The molecule has 5 N–H and O–H groups in total. The molecule has 1 unspecified atom stereocenters. The van der Waals surface area contributed by atoms with Gasteiger partial charge in [0.25, 0.3) is 11.6 Å². The number of aromatic nitrogens is 1. The number of hydrogen-bond donors (Lipinski definition) is 4. The molecule has 0 saturated carbocycles. The summed E-state index contributed by atoms with van der Waals surface area (Å²) < 4.78 is 37.1. The highest BCUT2D eigenvalue weighted by molar-refractivity contribution is 6.34. The maximum Gasteiger partial charge on any atom is 0.490 e. The molecule has 0 fully saturated rings. The number of esters is 1. The van der Waals surface area contributed by atoms with Crippen molar-refractivity contribution in [1.82, 2.24) is 4.98 Å². The van der Waals surface area contributed by atoms with Crippen LogP contribution in [0.15, 0.2) is 66.9 Å². The Kier molecular flexibility index (Phi) is 10.1. The molecule has 0 saturated heterocycles. The number of carbonyl (C=O) groups is 3. The Bertz CT molecular complexity index is 1660. The molecular weight excluding hydrogens is 608 g/mol. The van der Waals surface area contributed by atoms with Crippen LogP contribution in [0.25, 0.3) is 10.9 Å². The monoisotopic (exact) mass is 626 g/mol. The average molecular weight is 627 g/mol. The highest BCUT2D eigenvalue weighted by Crippen LogP contribution is 2.34. The van der Waals surface area contributed by atoms with Gasteiger partial charge in [-0.3, -0.25) is 14.9 Å². The number of anilines is 1. The number of nitro groups is 1. The molecular formula is C26H19Cl2F3N4O7. The number of hydrogen-bond acceptors (Lipinski definition) is 7. The summed E-state index contributed by atoms with van der Waals surface area (Å²) in [4.78, 5) is 48.4. The van der Waals surface area contributed by atoms with Crippen molar-refractivity contribution in [3.63, 3.8) is 0 Å². The van der Waals surface area contributed by atoms with Gasteiger partial charge in [0.05, 0.1) is 27.3 Å². The van der Waals surface area contributed by atoms with Crippen LogP contribution < -0.4 is 15.8 Å². The van der Waals surface area contributed by atoms with Crippen LogP contribution >= 0.6 is 23.2 Å². The molecule has 4 aromatic rings. The van der Waals surface area contributed by atoms with Crippen molar-refractivity contribution in [1.29, 1.82) is 0 Å². The van der Waals surface area contributed by atoms with Crippen molar-refractivity contribution in [3.05, 3.63) is 98.1 Å². The predicted octanol–water partition coefficient (Wildman–Crippen LogP) is 5.74. The largest absolute Gasteiger partial charge is 0.490 e. The van der Waals surface area contributed by atoms with Crippen LogP contribution in [0.3, 0.4) is 0 Å². The standard InChI is InChI=1S/C24H18Cl2N4O5.C2HF3O2/c25-16-6-2-4-8-20(16)29-23(31)15-10-17(26)21(30(33)34)11-22(15)35-24(32)18(27)9-13-12-28-19-7-3-1-5-14(13)19;3-2(4,5)1(6)7/h1-8,10-12,18,28H,9,27H2,(H,29,31);(H,6,7). The van der Waals surface area contributed by atoms with Crippen LogP contribution in [0.1, 0.15) is 15.9 Å². The number of carboxylic acids is 1. The van der Waals surface area contributed by atoms with E-state index in [4.69, 9.17) is 43.6 Å². The van der Waals surface area contributed by atoms with Gasteiger partial charge in [0.15, 0.2) is 5.75 Å². The lowest BCUT2D eigenvalue weighted by Crippen LogP contribution is -2.36. The van der Waals surface area contributed by atoms with Gasteiger partial charge in [-0.25, -0.2) is 9.59 Å². The number of aliphatic carboxylic acids is 1. The minimum Gasteiger partial charge on any atom is -0.475 e. The van der Waals surface area contributed by atoms with Crippen LogP contribution in [0.5, 0.6) is 5.75 Å². The number of aromatic amines is 1. The molecule has 1 atom stereocenters. The summed E-state index contributed by atoms with van der Waals surface area (Å²) >= 11 is 12.1. The molecule has 4 rings (SSSR count). The zero-order valence-electron chi connectivity index (χ0n) is 20.9. The number of alkyl halides is 3. The Hall–Kier alpha value is -4.66. The number of benzene rings is 3. The van der Waals surface area contributed by atoms with Crippen molar-refractivity contribution in [2.24, 2.45) is 5.73 Å². The predicted molar refractivity (Wildman–Crippen MR) is 147 cm³/mol. The summed E-state index contributed by atoms with van der Waals surface area (Å²) in [5.41, 5.74) is 7.32. The molecule has 1 amide bonds. The van der Waals surface area contributed by atoms with Crippen LogP contribution in [-0.2, 0) is 16.0 Å². The van der Waals surface area contributed by atoms with E-state index in [1.165, 1.54) is 0 Å². The number of rotatable bonds is 7. The Labute approximate surface area is 244 Å². The first-order valence-corrected chi connectivity index (χ1v) is 12.3. The van der Waals surface area contributed by atoms with Gasteiger partial charge in [0.2, 0.25) is 0 Å². The first-order valence-electron chi connectivity index (χ1n) is 11.5. The van der Waals surface area contributed by atoms with E-state index in [2.05, 4.69) is 10.3 Å². The first-order chi connectivity index (χ1) is 19.7. The maximum atomic E-state index is 12.9. The van der Waals surface area contributed by atoms with E-state index in [-0.39, 0.29) is 27.8 Å². The van der Waals surface area contributed by atoms with E-state index in [0.29, 0.717) is 5.69 Å². The minimum absolute atomic E-state index is 0.139. The smallest absolute Gasteiger partial charge is 0.475 e. The molecule has 42 heavy (non-hydrogen) atoms. The lowest BCUT2D eigenvalue weighted by Gasteiger charge is -2.15. The zero-order chi connectivity index (χ0) is 31.2. The number of nitro benzene ring substituents is 1. The van der Waals surface area contributed by atoms with E-state index < -0.39 is 40.7 Å². The molecule has 0 radical (unpaired) electrons. The minimum atomic E-state index is -5.08. The number of amides is 1. The summed E-state index contributed by atoms with van der Waals surface area (Å²) in [6, 6.07) is 14.9. The third-order valence-electron chi connectivity index (χ3n) is 5.48. The van der Waals surface area contributed by atoms with Gasteiger partial charge in [-0.1, -0.05) is 53.5 Å². The van der Waals surface area contributed by atoms with E-state index >= 15 is 0 Å². The second kappa shape index (κ2) is 13.3. The molecule has 0 bridgehead atoms. The number of nitrogens with zero attached hydrogens (tertiary/aromatic N) is 1. The second-order valence-corrected chi connectivity index (χ2v) is 9.20. The normalized spacial score (nSPS) is 11.7. The molecule has 0 aliphatic rings. The number of nitrogens with one attached hydrogen (secondary N) is 2. The van der Waals surface area contributed by atoms with Crippen LogP contribution in [0, 0.1) is 10.1 Å². The Morgan fingerprint density at radius 2 is 1.69 bits per heavy atom. The second-order valence-electron chi connectivity index (χ2n) is 8.38. The van der Waals surface area contributed by atoms with Crippen molar-refractivity contribution < 1.29 is 42.3 Å². The van der Waals surface area contributed by atoms with Crippen LogP contribution in [-0.4, -0.2) is 45.1 Å². The van der Waals surface area contributed by atoms with Crippen LogP contribution in [0.2, 0.25) is 10.0 Å². The summed E-state index contributed by atoms with van der Waals surface area (Å²) in [6.45, 7) is 0. The van der Waals surface area contributed by atoms with Gasteiger partial charge < -0.3 is 25.9 Å². The average Bonchev–Trinajstić information content (AvgIpc) is 3.33. The molecule has 1 heterocycles. The van der Waals surface area contributed by atoms with Gasteiger partial charge in [0, 0.05) is 23.5 Å². The van der Waals surface area contributed by atoms with Gasteiger partial charge in [-0.2, -0.15) is 13.2 Å². The molecule has 11 nitrogen and oxygen atoms in total. The Morgan fingerprint density at radius 3 is 2.31 bits per heavy atom. The quantitative estimate of drug-likeness (QED) is 0.0867. The van der Waals surface area contributed by atoms with Crippen molar-refractivity contribution in [3.8, 4) is 5.75 Å². The summed E-state index contributed by atoms with van der Waals surface area (Å²) in [7, 11) is 0. The lowest BCUT2D eigenvalue weighted by atomic mass is 10.1. The van der Waals surface area contributed by atoms with Gasteiger partial charge >= 0.3 is 18.1 Å². The van der Waals surface area contributed by atoms with Crippen molar-refractivity contribution in [2.45, 2.75) is 18.6 Å². The third-order valence-corrected chi connectivity index (χ3v) is 6.12. The van der Waals surface area contributed by atoms with E-state index in [0.717, 1.165) is 28.6 Å². The van der Waals surface area contributed by atoms with Crippen molar-refractivity contribution in [2.75, 3.05) is 5.32 Å². The molecule has 0 spiro atoms. The fourth-order valence-electron chi connectivity index (χ4n) is 3.50. The van der Waals surface area contributed by atoms with E-state index in [9.17, 15) is 32.9 Å². The fraction of sp³-hybridized carbons (Fsp3) is 0.115. The number of fused-ring (bicyclic) bond motifs is 1. The van der Waals surface area contributed by atoms with E-state index in [1.807, 2.05) is 24.3 Å². The number of para-hydroxylation sites is 2. The molecule has 16 heteroatoms. The summed E-state index contributed by atoms with van der Waals surface area (Å²) in [6.07, 6.45) is -3.20. The SMILES string of the molecule is NC(Cc1c[nH]c2ccccc12)C(=O)Oc1cc([N+](=O)[O-])c(Cl)cc1C(=O)Nc1ccccc1Cl.O=C(O)C(F)(F)F. The van der Waals surface area contributed by atoms with Gasteiger partial charge in [-0.05, 0) is 29.8 Å². The molecule has 1 aromatic heterocycles. The molecule has 220 valence electrons. The maximum absolute atomic E-state index is 12.9. The highest BCUT2D eigenvalue weighted by atomic mass is 35.5. The Morgan fingerprint density at radius 1 is 1.07 bits per heavy atom. The number of nitrogens with two attached hydrogens (primary N) is 1. The summed E-state index contributed by atoms with van der Waals surface area (Å²) in [5.74, 6) is -4.72. The number of ether oxygens (including phenoxy) is 1. The summed E-state index contributed by atoms with van der Waals surface area (Å²) in [5, 5.41) is 22.0. The number of carbonyl (C=O) groups excluding carboxylic acids is 2. The van der Waals surface area contributed by atoms with E-state index in [1.54, 1.807) is 30.5 Å². The topological polar surface area (TPSA) is 178 Å². The van der Waals surface area contributed by atoms with Gasteiger partial charge in [0.1, 0.15) is 11.1 Å². The molecule has 0 aliphatic heterocycles. The number of H-pyrrole nitrogens is 1. The number of carboxylic acid groups (broad SMARTS) is 1. The fourth-order valence-corrected chi connectivity index (χ4v) is 3.92. The van der Waals surface area contributed by atoms with Crippen molar-refractivity contribution >= 4 is 63.3 Å².